The molecule has 0 radical (unpaired) electrons. The quantitative estimate of drug-likeness (QED) is 0.297. The third-order valence-electron chi connectivity index (χ3n) is 5.71. The number of carbonyl (C=O) groups excluding carboxylic acids is 2. The van der Waals surface area contributed by atoms with Gasteiger partial charge in [0.15, 0.2) is 5.11 Å². The fraction of sp³-hybridized carbons (Fsp3) is 0.160. The lowest BCUT2D eigenvalue weighted by molar-refractivity contribution is -0.122. The number of hydrogen-bond acceptors (Lipinski definition) is 3. The zero-order valence-corrected chi connectivity index (χ0v) is 20.6. The Hall–Kier alpha value is -3.03. The number of benzene rings is 2. The maximum atomic E-state index is 13.4. The number of halogens is 1. The zero-order chi connectivity index (χ0) is 23.2. The molecule has 0 spiro atoms. The molecule has 4 rings (SSSR count). The predicted octanol–water partition coefficient (Wildman–Crippen LogP) is 5.30. The molecule has 2 amide bonds. The Morgan fingerprint density at radius 1 is 0.906 bits per heavy atom. The third kappa shape index (κ3) is 3.94. The molecule has 1 aromatic heterocycles. The SMILES string of the molecule is Cc1ccc(N2C(=O)/C(=C/c3cc(C)n(-c4ccc(Br)cc4)c3C)C(=O)NC2=S)cc1C. The Morgan fingerprint density at radius 3 is 2.22 bits per heavy atom. The second-order valence-corrected chi connectivity index (χ2v) is 9.17. The van der Waals surface area contributed by atoms with Crippen LogP contribution in [0.2, 0.25) is 0 Å². The second-order valence-electron chi connectivity index (χ2n) is 7.86. The van der Waals surface area contributed by atoms with Crippen LogP contribution in [0.3, 0.4) is 0 Å². The number of nitrogens with zero attached hydrogens (tertiary/aromatic N) is 2. The third-order valence-corrected chi connectivity index (χ3v) is 6.52. The fourth-order valence-corrected chi connectivity index (χ4v) is 4.38. The Kier molecular flexibility index (Phi) is 5.88. The number of aryl methyl sites for hydroxylation is 3. The smallest absolute Gasteiger partial charge is 0.270 e. The first-order valence-corrected chi connectivity index (χ1v) is 11.3. The summed E-state index contributed by atoms with van der Waals surface area (Å²) in [5, 5.41) is 2.74. The molecular formula is C25H22BrN3O2S. The summed E-state index contributed by atoms with van der Waals surface area (Å²) in [7, 11) is 0. The van der Waals surface area contributed by atoms with E-state index in [2.05, 4.69) is 25.8 Å². The average molecular weight is 508 g/mol. The number of rotatable bonds is 3. The molecule has 1 saturated heterocycles. The van der Waals surface area contributed by atoms with Crippen LogP contribution in [0.1, 0.15) is 28.1 Å². The van der Waals surface area contributed by atoms with Crippen LogP contribution in [0.5, 0.6) is 0 Å². The van der Waals surface area contributed by atoms with Crippen molar-refractivity contribution in [1.29, 1.82) is 0 Å². The van der Waals surface area contributed by atoms with E-state index in [1.54, 1.807) is 6.08 Å². The van der Waals surface area contributed by atoms with Crippen molar-refractivity contribution >= 4 is 56.8 Å². The molecular weight excluding hydrogens is 486 g/mol. The first kappa shape index (κ1) is 22.2. The van der Waals surface area contributed by atoms with E-state index in [0.29, 0.717) is 5.69 Å². The van der Waals surface area contributed by atoms with Gasteiger partial charge in [-0.3, -0.25) is 19.8 Å². The number of anilines is 1. The number of carbonyl (C=O) groups is 2. The van der Waals surface area contributed by atoms with Crippen molar-refractivity contribution < 1.29 is 9.59 Å². The molecule has 0 bridgehead atoms. The second kappa shape index (κ2) is 8.48. The molecule has 0 aliphatic carbocycles. The molecule has 5 nitrogen and oxygen atoms in total. The molecule has 1 fully saturated rings. The molecule has 3 aromatic rings. The standard InChI is InChI=1S/C25H22BrN3O2S/c1-14-5-8-21(11-15(14)2)29-24(31)22(23(30)27-25(29)32)13-18-12-16(3)28(17(18)4)20-9-6-19(26)7-10-20/h5-13H,1-4H3,(H,27,30,32)/b22-13+. The van der Waals surface area contributed by atoms with Gasteiger partial charge in [0.1, 0.15) is 5.57 Å². The molecule has 1 aliphatic heterocycles. The van der Waals surface area contributed by atoms with Gasteiger partial charge in [0.05, 0.1) is 5.69 Å². The van der Waals surface area contributed by atoms with Crippen molar-refractivity contribution in [3.05, 3.63) is 86.7 Å². The van der Waals surface area contributed by atoms with Gasteiger partial charge < -0.3 is 4.57 Å². The molecule has 0 saturated carbocycles. The summed E-state index contributed by atoms with van der Waals surface area (Å²) in [6.45, 7) is 7.95. The van der Waals surface area contributed by atoms with Crippen LogP contribution in [0.15, 0.2) is 58.6 Å². The monoisotopic (exact) mass is 507 g/mol. The van der Waals surface area contributed by atoms with Crippen LogP contribution in [0.4, 0.5) is 5.69 Å². The maximum Gasteiger partial charge on any atom is 0.270 e. The average Bonchev–Trinajstić information content (AvgIpc) is 3.01. The van der Waals surface area contributed by atoms with Gasteiger partial charge in [-0.1, -0.05) is 22.0 Å². The molecule has 162 valence electrons. The van der Waals surface area contributed by atoms with E-state index in [4.69, 9.17) is 12.2 Å². The van der Waals surface area contributed by atoms with Crippen LogP contribution in [0.25, 0.3) is 11.8 Å². The lowest BCUT2D eigenvalue weighted by Gasteiger charge is -2.29. The lowest BCUT2D eigenvalue weighted by Crippen LogP contribution is -2.54. The van der Waals surface area contributed by atoms with Gasteiger partial charge in [-0.2, -0.15) is 0 Å². The molecule has 7 heteroatoms. The van der Waals surface area contributed by atoms with Gasteiger partial charge in [-0.25, -0.2) is 0 Å². The molecule has 0 unspecified atom stereocenters. The van der Waals surface area contributed by atoms with Crippen molar-refractivity contribution in [3.8, 4) is 5.69 Å². The normalized spacial score (nSPS) is 15.5. The van der Waals surface area contributed by atoms with Gasteiger partial charge in [-0.15, -0.1) is 0 Å². The van der Waals surface area contributed by atoms with Gasteiger partial charge in [-0.05, 0) is 105 Å². The minimum absolute atomic E-state index is 0.0490. The van der Waals surface area contributed by atoms with Crippen LogP contribution in [0, 0.1) is 27.7 Å². The van der Waals surface area contributed by atoms with Crippen molar-refractivity contribution in [2.75, 3.05) is 4.90 Å². The predicted molar refractivity (Wildman–Crippen MR) is 135 cm³/mol. The summed E-state index contributed by atoms with van der Waals surface area (Å²) in [6, 6.07) is 15.6. The van der Waals surface area contributed by atoms with Crippen LogP contribution < -0.4 is 10.2 Å². The van der Waals surface area contributed by atoms with E-state index in [1.807, 2.05) is 76.2 Å². The topological polar surface area (TPSA) is 54.3 Å². The van der Waals surface area contributed by atoms with E-state index in [-0.39, 0.29) is 10.7 Å². The van der Waals surface area contributed by atoms with E-state index in [0.717, 1.165) is 38.2 Å². The van der Waals surface area contributed by atoms with Crippen LogP contribution in [-0.2, 0) is 9.59 Å². The number of nitrogens with one attached hydrogen (secondary N) is 1. The van der Waals surface area contributed by atoms with Crippen molar-refractivity contribution in [1.82, 2.24) is 9.88 Å². The maximum absolute atomic E-state index is 13.4. The minimum atomic E-state index is -0.492. The summed E-state index contributed by atoms with van der Waals surface area (Å²) < 4.78 is 3.09. The highest BCUT2D eigenvalue weighted by Crippen LogP contribution is 2.27. The zero-order valence-electron chi connectivity index (χ0n) is 18.2. The largest absolute Gasteiger partial charge is 0.318 e. The van der Waals surface area contributed by atoms with Crippen molar-refractivity contribution in [2.45, 2.75) is 27.7 Å². The highest BCUT2D eigenvalue weighted by atomic mass is 79.9. The van der Waals surface area contributed by atoms with E-state index >= 15 is 0 Å². The van der Waals surface area contributed by atoms with Gasteiger partial charge in [0.25, 0.3) is 11.8 Å². The molecule has 32 heavy (non-hydrogen) atoms. The summed E-state index contributed by atoms with van der Waals surface area (Å²) in [5.41, 5.74) is 6.58. The number of thiocarbonyl (C=S) groups is 1. The number of amides is 2. The highest BCUT2D eigenvalue weighted by Gasteiger charge is 2.34. The van der Waals surface area contributed by atoms with Crippen LogP contribution >= 0.6 is 28.1 Å². The number of aromatic nitrogens is 1. The number of hydrogen-bond donors (Lipinski definition) is 1. The summed E-state index contributed by atoms with van der Waals surface area (Å²) >= 11 is 8.78. The minimum Gasteiger partial charge on any atom is -0.318 e. The van der Waals surface area contributed by atoms with Gasteiger partial charge >= 0.3 is 0 Å². The summed E-state index contributed by atoms with van der Waals surface area (Å²) in [5.74, 6) is -0.927. The van der Waals surface area contributed by atoms with E-state index in [1.165, 1.54) is 4.90 Å². The van der Waals surface area contributed by atoms with E-state index in [9.17, 15) is 9.59 Å². The Morgan fingerprint density at radius 2 is 1.56 bits per heavy atom. The molecule has 1 aliphatic rings. The Balaban J connectivity index is 1.76. The lowest BCUT2D eigenvalue weighted by atomic mass is 10.1. The first-order chi connectivity index (χ1) is 15.2. The summed E-state index contributed by atoms with van der Waals surface area (Å²) in [6.07, 6.45) is 1.64. The fourth-order valence-electron chi connectivity index (χ4n) is 3.83. The molecule has 2 heterocycles. The highest BCUT2D eigenvalue weighted by molar-refractivity contribution is 9.10. The van der Waals surface area contributed by atoms with Gasteiger partial charge in [0, 0.05) is 21.5 Å². The Labute approximate surface area is 200 Å². The van der Waals surface area contributed by atoms with E-state index < -0.39 is 11.8 Å². The first-order valence-electron chi connectivity index (χ1n) is 10.1. The van der Waals surface area contributed by atoms with Crippen molar-refractivity contribution in [2.24, 2.45) is 0 Å². The summed E-state index contributed by atoms with van der Waals surface area (Å²) in [4.78, 5) is 27.4. The van der Waals surface area contributed by atoms with Gasteiger partial charge in [0.2, 0.25) is 0 Å². The van der Waals surface area contributed by atoms with Crippen molar-refractivity contribution in [3.63, 3.8) is 0 Å². The Bertz CT molecular complexity index is 1310. The van der Waals surface area contributed by atoms with Crippen LogP contribution in [-0.4, -0.2) is 21.5 Å². The molecule has 2 aromatic carbocycles. The molecule has 1 N–H and O–H groups in total. The molecule has 0 atom stereocenters.